The van der Waals surface area contributed by atoms with E-state index in [2.05, 4.69) is 4.98 Å². The predicted octanol–water partition coefficient (Wildman–Crippen LogP) is 3.04. The van der Waals surface area contributed by atoms with E-state index >= 15 is 0 Å². The van der Waals surface area contributed by atoms with Crippen molar-refractivity contribution in [3.8, 4) is 5.75 Å². The van der Waals surface area contributed by atoms with Gasteiger partial charge in [0.05, 0.1) is 17.9 Å². The van der Waals surface area contributed by atoms with E-state index in [0.717, 1.165) is 25.7 Å². The third kappa shape index (κ3) is 3.18. The molecule has 1 saturated heterocycles. The van der Waals surface area contributed by atoms with Gasteiger partial charge in [0.2, 0.25) is 0 Å². The Labute approximate surface area is 124 Å². The number of rotatable bonds is 4. The summed E-state index contributed by atoms with van der Waals surface area (Å²) in [5.41, 5.74) is 0.215. The molecular formula is C16H21NO4. The molecule has 0 radical (unpaired) electrons. The molecule has 1 spiro atoms. The molecule has 1 aliphatic carbocycles. The van der Waals surface area contributed by atoms with Crippen LogP contribution >= 0.6 is 0 Å². The summed E-state index contributed by atoms with van der Waals surface area (Å²) < 4.78 is 11.9. The van der Waals surface area contributed by atoms with Crippen LogP contribution in [0.4, 0.5) is 0 Å². The average Bonchev–Trinajstić information content (AvgIpc) is 2.89. The van der Waals surface area contributed by atoms with Crippen molar-refractivity contribution < 1.29 is 19.4 Å². The number of carboxylic acid groups (broad SMARTS) is 1. The first-order valence-electron chi connectivity index (χ1n) is 7.66. The maximum absolute atomic E-state index is 11.1. The summed E-state index contributed by atoms with van der Waals surface area (Å²) in [7, 11) is 0. The Morgan fingerprint density at radius 2 is 2.19 bits per heavy atom. The smallest absolute Gasteiger partial charge is 0.339 e. The van der Waals surface area contributed by atoms with E-state index < -0.39 is 5.97 Å². The maximum atomic E-state index is 11.1. The van der Waals surface area contributed by atoms with Gasteiger partial charge in [0.15, 0.2) is 5.75 Å². The Morgan fingerprint density at radius 3 is 2.95 bits per heavy atom. The molecule has 1 unspecified atom stereocenters. The zero-order valence-electron chi connectivity index (χ0n) is 12.1. The first-order chi connectivity index (χ1) is 10.2. The van der Waals surface area contributed by atoms with Crippen LogP contribution in [0.5, 0.6) is 5.75 Å². The molecule has 1 aromatic heterocycles. The fourth-order valence-corrected chi connectivity index (χ4v) is 3.43. The van der Waals surface area contributed by atoms with Crippen LogP contribution in [0.15, 0.2) is 18.5 Å². The minimum absolute atomic E-state index is 0.0601. The molecule has 1 N–H and O–H groups in total. The van der Waals surface area contributed by atoms with Gasteiger partial charge in [-0.1, -0.05) is 19.3 Å². The van der Waals surface area contributed by atoms with E-state index in [-0.39, 0.29) is 17.3 Å². The van der Waals surface area contributed by atoms with Crippen molar-refractivity contribution in [1.82, 2.24) is 4.98 Å². The van der Waals surface area contributed by atoms with Crippen LogP contribution in [0.3, 0.4) is 0 Å². The summed E-state index contributed by atoms with van der Waals surface area (Å²) in [5, 5.41) is 9.12. The van der Waals surface area contributed by atoms with E-state index in [1.165, 1.54) is 37.7 Å². The summed E-state index contributed by atoms with van der Waals surface area (Å²) in [6, 6.07) is 1.45. The van der Waals surface area contributed by atoms with Crippen molar-refractivity contribution >= 4 is 5.97 Å². The van der Waals surface area contributed by atoms with Crippen LogP contribution in [-0.2, 0) is 4.74 Å². The van der Waals surface area contributed by atoms with Gasteiger partial charge in [-0.25, -0.2) is 4.79 Å². The minimum Gasteiger partial charge on any atom is -0.488 e. The number of aromatic nitrogens is 1. The van der Waals surface area contributed by atoms with Crippen molar-refractivity contribution in [3.05, 3.63) is 24.0 Å². The highest BCUT2D eigenvalue weighted by molar-refractivity contribution is 5.90. The lowest BCUT2D eigenvalue weighted by atomic mass is 9.83. The molecule has 3 rings (SSSR count). The van der Waals surface area contributed by atoms with Crippen molar-refractivity contribution in [2.75, 3.05) is 6.61 Å². The average molecular weight is 291 g/mol. The Kier molecular flexibility index (Phi) is 4.10. The SMILES string of the molecule is O=C(O)c1ccncc1OCC1CCC2(CCCCC2)O1. The van der Waals surface area contributed by atoms with Gasteiger partial charge in [0, 0.05) is 6.20 Å². The van der Waals surface area contributed by atoms with E-state index in [4.69, 9.17) is 14.6 Å². The summed E-state index contributed by atoms with van der Waals surface area (Å²) in [6.45, 7) is 0.397. The monoisotopic (exact) mass is 291 g/mol. The third-order valence-corrected chi connectivity index (χ3v) is 4.54. The summed E-state index contributed by atoms with van der Waals surface area (Å²) in [5.74, 6) is -0.679. The molecule has 1 aliphatic heterocycles. The second-order valence-electron chi connectivity index (χ2n) is 6.01. The third-order valence-electron chi connectivity index (χ3n) is 4.54. The molecule has 2 fully saturated rings. The number of nitrogens with zero attached hydrogens (tertiary/aromatic N) is 1. The lowest BCUT2D eigenvalue weighted by Gasteiger charge is -2.33. The van der Waals surface area contributed by atoms with Gasteiger partial charge in [-0.2, -0.15) is 0 Å². The predicted molar refractivity (Wildman–Crippen MR) is 76.6 cm³/mol. The van der Waals surface area contributed by atoms with Gasteiger partial charge in [0.25, 0.3) is 0 Å². The summed E-state index contributed by atoms with van der Waals surface area (Å²) in [4.78, 5) is 15.0. The topological polar surface area (TPSA) is 68.7 Å². The second kappa shape index (κ2) is 6.02. The molecule has 0 bridgehead atoms. The minimum atomic E-state index is -0.997. The number of carboxylic acids is 1. The molecule has 1 saturated carbocycles. The first-order valence-corrected chi connectivity index (χ1v) is 7.66. The summed E-state index contributed by atoms with van der Waals surface area (Å²) in [6.07, 6.45) is 11.2. The Hall–Kier alpha value is -1.62. The van der Waals surface area contributed by atoms with Crippen molar-refractivity contribution in [1.29, 1.82) is 0 Å². The van der Waals surface area contributed by atoms with Crippen LogP contribution in [-0.4, -0.2) is 34.4 Å². The van der Waals surface area contributed by atoms with Crippen molar-refractivity contribution in [3.63, 3.8) is 0 Å². The van der Waals surface area contributed by atoms with Gasteiger partial charge in [-0.05, 0) is 31.7 Å². The number of ether oxygens (including phenoxy) is 2. The fourth-order valence-electron chi connectivity index (χ4n) is 3.43. The Morgan fingerprint density at radius 1 is 1.38 bits per heavy atom. The van der Waals surface area contributed by atoms with Gasteiger partial charge >= 0.3 is 5.97 Å². The molecule has 0 amide bonds. The molecule has 1 aromatic rings. The highest BCUT2D eigenvalue weighted by atomic mass is 16.6. The van der Waals surface area contributed by atoms with Crippen LogP contribution < -0.4 is 4.74 Å². The number of hydrogen-bond donors (Lipinski definition) is 1. The zero-order valence-corrected chi connectivity index (χ0v) is 12.1. The van der Waals surface area contributed by atoms with E-state index in [1.807, 2.05) is 0 Å². The van der Waals surface area contributed by atoms with E-state index in [9.17, 15) is 4.79 Å². The number of aromatic carboxylic acids is 1. The molecule has 21 heavy (non-hydrogen) atoms. The van der Waals surface area contributed by atoms with Gasteiger partial charge in [-0.3, -0.25) is 4.98 Å². The number of carbonyl (C=O) groups is 1. The highest BCUT2D eigenvalue weighted by Crippen LogP contribution is 2.41. The second-order valence-corrected chi connectivity index (χ2v) is 6.01. The molecule has 114 valence electrons. The van der Waals surface area contributed by atoms with Crippen molar-refractivity contribution in [2.45, 2.75) is 56.7 Å². The molecule has 5 nitrogen and oxygen atoms in total. The number of hydrogen-bond acceptors (Lipinski definition) is 4. The zero-order chi connectivity index (χ0) is 14.7. The van der Waals surface area contributed by atoms with Gasteiger partial charge in [-0.15, -0.1) is 0 Å². The molecule has 2 heterocycles. The standard InChI is InChI=1S/C16H21NO4/c18-15(19)13-5-9-17-10-14(13)20-11-12-4-8-16(21-12)6-2-1-3-7-16/h5,9-10,12H,1-4,6-8,11H2,(H,18,19). The molecule has 5 heteroatoms. The normalized spacial score (nSPS) is 24.1. The quantitative estimate of drug-likeness (QED) is 0.923. The Bertz CT molecular complexity index is 511. The van der Waals surface area contributed by atoms with Crippen LogP contribution in [0, 0.1) is 0 Å². The molecule has 1 atom stereocenters. The maximum Gasteiger partial charge on any atom is 0.339 e. The van der Waals surface area contributed by atoms with Gasteiger partial charge < -0.3 is 14.6 Å². The van der Waals surface area contributed by atoms with Crippen molar-refractivity contribution in [2.24, 2.45) is 0 Å². The molecular weight excluding hydrogens is 270 g/mol. The van der Waals surface area contributed by atoms with Crippen LogP contribution in [0.1, 0.15) is 55.3 Å². The van der Waals surface area contributed by atoms with Gasteiger partial charge in [0.1, 0.15) is 12.2 Å². The van der Waals surface area contributed by atoms with Crippen LogP contribution in [0.25, 0.3) is 0 Å². The molecule has 2 aliphatic rings. The highest BCUT2D eigenvalue weighted by Gasteiger charge is 2.40. The van der Waals surface area contributed by atoms with E-state index in [0.29, 0.717) is 12.4 Å². The summed E-state index contributed by atoms with van der Waals surface area (Å²) >= 11 is 0. The largest absolute Gasteiger partial charge is 0.488 e. The Balaban J connectivity index is 1.58. The van der Waals surface area contributed by atoms with E-state index in [1.54, 1.807) is 0 Å². The van der Waals surface area contributed by atoms with Crippen LogP contribution in [0.2, 0.25) is 0 Å². The molecule has 0 aromatic carbocycles. The lowest BCUT2D eigenvalue weighted by Crippen LogP contribution is -2.33. The lowest BCUT2D eigenvalue weighted by molar-refractivity contribution is -0.0749. The fraction of sp³-hybridized carbons (Fsp3) is 0.625. The first kappa shape index (κ1) is 14.3. The number of pyridine rings is 1.